The second-order valence-electron chi connectivity index (χ2n) is 7.80. The molecule has 1 aromatic heterocycles. The van der Waals surface area contributed by atoms with E-state index in [-0.39, 0.29) is 5.41 Å². The van der Waals surface area contributed by atoms with Gasteiger partial charge in [0, 0.05) is 15.5 Å². The SMILES string of the molecule is Cc1ccc(N(I)c2cccc3c2sc2c(C(C)(C)C)cccc23)cc1. The van der Waals surface area contributed by atoms with Crippen molar-refractivity contribution in [2.45, 2.75) is 33.1 Å². The molecule has 0 atom stereocenters. The third kappa shape index (κ3) is 3.01. The average molecular weight is 471 g/mol. The van der Waals surface area contributed by atoms with Crippen molar-refractivity contribution in [2.24, 2.45) is 0 Å². The van der Waals surface area contributed by atoms with Gasteiger partial charge in [0.2, 0.25) is 0 Å². The van der Waals surface area contributed by atoms with Gasteiger partial charge in [0.1, 0.15) is 0 Å². The fourth-order valence-electron chi connectivity index (χ4n) is 3.37. The molecule has 0 fully saturated rings. The van der Waals surface area contributed by atoms with Crippen LogP contribution in [0.5, 0.6) is 0 Å². The topological polar surface area (TPSA) is 3.24 Å². The van der Waals surface area contributed by atoms with E-state index in [1.165, 1.54) is 42.7 Å². The number of hydrogen-bond acceptors (Lipinski definition) is 2. The summed E-state index contributed by atoms with van der Waals surface area (Å²) in [5.74, 6) is 0. The summed E-state index contributed by atoms with van der Waals surface area (Å²) >= 11 is 4.34. The molecule has 132 valence electrons. The smallest absolute Gasteiger partial charge is 0.0689 e. The fraction of sp³-hybridized carbons (Fsp3) is 0.217. The number of fused-ring (bicyclic) bond motifs is 3. The van der Waals surface area contributed by atoms with Gasteiger partial charge in [-0.1, -0.05) is 68.8 Å². The van der Waals surface area contributed by atoms with E-state index >= 15 is 0 Å². The Labute approximate surface area is 173 Å². The van der Waals surface area contributed by atoms with Gasteiger partial charge in [0.15, 0.2) is 0 Å². The second-order valence-corrected chi connectivity index (χ2v) is 9.79. The van der Waals surface area contributed by atoms with E-state index in [2.05, 4.69) is 114 Å². The minimum absolute atomic E-state index is 0.140. The molecule has 3 heteroatoms. The van der Waals surface area contributed by atoms with Crippen LogP contribution >= 0.6 is 34.2 Å². The van der Waals surface area contributed by atoms with Crippen molar-refractivity contribution < 1.29 is 0 Å². The summed E-state index contributed by atoms with van der Waals surface area (Å²) in [5.41, 5.74) is 5.32. The summed E-state index contributed by atoms with van der Waals surface area (Å²) in [6.07, 6.45) is 0. The van der Waals surface area contributed by atoms with Gasteiger partial charge in [-0.3, -0.25) is 3.11 Å². The van der Waals surface area contributed by atoms with Crippen molar-refractivity contribution in [1.29, 1.82) is 0 Å². The maximum Gasteiger partial charge on any atom is 0.0689 e. The first-order valence-electron chi connectivity index (χ1n) is 8.83. The summed E-state index contributed by atoms with van der Waals surface area (Å²) in [6.45, 7) is 9.01. The van der Waals surface area contributed by atoms with Crippen LogP contribution in [0.3, 0.4) is 0 Å². The Morgan fingerprint density at radius 2 is 1.42 bits per heavy atom. The van der Waals surface area contributed by atoms with Crippen molar-refractivity contribution in [3.8, 4) is 0 Å². The molecule has 1 nitrogen and oxygen atoms in total. The highest BCUT2D eigenvalue weighted by Gasteiger charge is 2.20. The molecule has 4 rings (SSSR count). The summed E-state index contributed by atoms with van der Waals surface area (Å²) in [6, 6.07) is 22.1. The second kappa shape index (κ2) is 6.54. The first-order valence-corrected chi connectivity index (χ1v) is 10.6. The number of halogens is 1. The van der Waals surface area contributed by atoms with Gasteiger partial charge >= 0.3 is 0 Å². The molecular formula is C23H22INS. The molecule has 3 aromatic carbocycles. The number of nitrogens with zero attached hydrogens (tertiary/aromatic N) is 1. The molecule has 0 aliphatic rings. The number of benzene rings is 3. The average Bonchev–Trinajstić information content (AvgIpc) is 2.99. The molecule has 0 saturated heterocycles. The number of thiophene rings is 1. The lowest BCUT2D eigenvalue weighted by Crippen LogP contribution is -2.10. The van der Waals surface area contributed by atoms with E-state index in [9.17, 15) is 0 Å². The largest absolute Gasteiger partial charge is 0.282 e. The van der Waals surface area contributed by atoms with Crippen molar-refractivity contribution >= 4 is 65.7 Å². The Bertz CT molecular complexity index is 1090. The molecule has 0 spiro atoms. The third-order valence-electron chi connectivity index (χ3n) is 4.78. The number of aryl methyl sites for hydroxylation is 1. The fourth-order valence-corrected chi connectivity index (χ4v) is 5.78. The zero-order valence-corrected chi connectivity index (χ0v) is 18.5. The molecule has 0 radical (unpaired) electrons. The van der Waals surface area contributed by atoms with Gasteiger partial charge in [0.05, 0.1) is 38.9 Å². The minimum atomic E-state index is 0.140. The van der Waals surface area contributed by atoms with Crippen LogP contribution in [0.4, 0.5) is 11.4 Å². The van der Waals surface area contributed by atoms with Gasteiger partial charge in [-0.15, -0.1) is 11.3 Å². The van der Waals surface area contributed by atoms with Crippen LogP contribution in [-0.2, 0) is 5.41 Å². The highest BCUT2D eigenvalue weighted by atomic mass is 127. The lowest BCUT2D eigenvalue weighted by atomic mass is 9.86. The summed E-state index contributed by atoms with van der Waals surface area (Å²) in [4.78, 5) is 0. The Kier molecular flexibility index (Phi) is 4.48. The zero-order chi connectivity index (χ0) is 18.5. The lowest BCUT2D eigenvalue weighted by molar-refractivity contribution is 0.597. The maximum atomic E-state index is 2.42. The zero-order valence-electron chi connectivity index (χ0n) is 15.5. The van der Waals surface area contributed by atoms with E-state index < -0.39 is 0 Å². The Hall–Kier alpha value is -1.59. The first kappa shape index (κ1) is 17.8. The molecule has 0 saturated carbocycles. The summed E-state index contributed by atoms with van der Waals surface area (Å²) in [5, 5.41) is 2.72. The molecule has 0 N–H and O–H groups in total. The van der Waals surface area contributed by atoms with E-state index in [1.54, 1.807) is 0 Å². The van der Waals surface area contributed by atoms with E-state index in [4.69, 9.17) is 0 Å². The Morgan fingerprint density at radius 3 is 2.08 bits per heavy atom. The minimum Gasteiger partial charge on any atom is -0.282 e. The van der Waals surface area contributed by atoms with E-state index in [0.29, 0.717) is 0 Å². The quantitative estimate of drug-likeness (QED) is 0.211. The predicted octanol–water partition coefficient (Wildman–Crippen LogP) is 8.15. The standard InChI is InChI=1S/C23H22INS/c1-15-11-13-16(14-12-15)25(24)20-10-6-8-18-17-7-5-9-19(23(2,3)4)21(17)26-22(18)20/h5-14H,1-4H3. The summed E-state index contributed by atoms with van der Waals surface area (Å²) in [7, 11) is 0. The van der Waals surface area contributed by atoms with Crippen molar-refractivity contribution in [2.75, 3.05) is 3.11 Å². The van der Waals surface area contributed by atoms with Crippen LogP contribution < -0.4 is 3.11 Å². The van der Waals surface area contributed by atoms with Gasteiger partial charge in [-0.05, 0) is 36.1 Å². The van der Waals surface area contributed by atoms with Crippen LogP contribution in [0.25, 0.3) is 20.2 Å². The van der Waals surface area contributed by atoms with Crippen LogP contribution in [0.2, 0.25) is 0 Å². The van der Waals surface area contributed by atoms with Crippen molar-refractivity contribution in [3.05, 3.63) is 71.8 Å². The van der Waals surface area contributed by atoms with Gasteiger partial charge in [0.25, 0.3) is 0 Å². The molecule has 0 amide bonds. The molecule has 0 aliphatic carbocycles. The molecular weight excluding hydrogens is 449 g/mol. The molecule has 0 bridgehead atoms. The highest BCUT2D eigenvalue weighted by molar-refractivity contribution is 14.1. The van der Waals surface area contributed by atoms with Gasteiger partial charge in [-0.25, -0.2) is 0 Å². The highest BCUT2D eigenvalue weighted by Crippen LogP contribution is 2.45. The molecule has 0 unspecified atom stereocenters. The van der Waals surface area contributed by atoms with Crippen LogP contribution in [-0.4, -0.2) is 0 Å². The third-order valence-corrected chi connectivity index (χ3v) is 7.14. The van der Waals surface area contributed by atoms with Crippen LogP contribution in [0, 0.1) is 6.92 Å². The van der Waals surface area contributed by atoms with Gasteiger partial charge < -0.3 is 0 Å². The van der Waals surface area contributed by atoms with Crippen LogP contribution in [0.1, 0.15) is 31.9 Å². The monoisotopic (exact) mass is 471 g/mol. The molecule has 1 heterocycles. The van der Waals surface area contributed by atoms with E-state index in [0.717, 1.165) is 0 Å². The Morgan fingerprint density at radius 1 is 0.808 bits per heavy atom. The van der Waals surface area contributed by atoms with Gasteiger partial charge in [-0.2, -0.15) is 0 Å². The van der Waals surface area contributed by atoms with Crippen molar-refractivity contribution in [3.63, 3.8) is 0 Å². The first-order chi connectivity index (χ1) is 12.4. The number of hydrogen-bond donors (Lipinski definition) is 0. The Balaban J connectivity index is 1.96. The summed E-state index contributed by atoms with van der Waals surface area (Å²) < 4.78 is 5.04. The normalized spacial score (nSPS) is 12.0. The number of rotatable bonds is 2. The predicted molar refractivity (Wildman–Crippen MR) is 125 cm³/mol. The van der Waals surface area contributed by atoms with Crippen molar-refractivity contribution in [1.82, 2.24) is 0 Å². The van der Waals surface area contributed by atoms with Crippen LogP contribution in [0.15, 0.2) is 60.7 Å². The molecule has 0 aliphatic heterocycles. The maximum absolute atomic E-state index is 2.42. The lowest BCUT2D eigenvalue weighted by Gasteiger charge is -2.19. The number of anilines is 2. The molecule has 26 heavy (non-hydrogen) atoms. The molecule has 4 aromatic rings. The van der Waals surface area contributed by atoms with E-state index in [1.807, 2.05) is 11.3 Å².